The molecule has 3 rings (SSSR count). The molecule has 0 aliphatic carbocycles. The number of hydrogen-bond acceptors (Lipinski definition) is 5. The van der Waals surface area contributed by atoms with Gasteiger partial charge in [-0.25, -0.2) is 4.79 Å². The van der Waals surface area contributed by atoms with Gasteiger partial charge in [0.2, 0.25) is 0 Å². The molecule has 0 aromatic heterocycles. The van der Waals surface area contributed by atoms with Crippen molar-refractivity contribution < 1.29 is 24.3 Å². The average molecular weight is 364 g/mol. The van der Waals surface area contributed by atoms with E-state index >= 15 is 0 Å². The first-order chi connectivity index (χ1) is 11.8. The molecule has 3 amide bonds. The lowest BCUT2D eigenvalue weighted by atomic mass is 10.0. The van der Waals surface area contributed by atoms with Gasteiger partial charge in [0.15, 0.2) is 6.04 Å². The van der Waals surface area contributed by atoms with Crippen LogP contribution in [-0.2, 0) is 9.59 Å². The molecule has 0 spiro atoms. The predicted molar refractivity (Wildman–Crippen MR) is 86.6 cm³/mol. The molecule has 0 radical (unpaired) electrons. The van der Waals surface area contributed by atoms with Crippen molar-refractivity contribution in [2.75, 3.05) is 6.54 Å². The number of halogens is 1. The molecule has 2 aliphatic rings. The molecular formula is C16H14ClN3O5. The van der Waals surface area contributed by atoms with Crippen LogP contribution in [-0.4, -0.2) is 56.7 Å². The number of carbonyl (C=O) groups excluding carboxylic acids is 3. The van der Waals surface area contributed by atoms with Gasteiger partial charge in [-0.3, -0.25) is 24.2 Å². The van der Waals surface area contributed by atoms with Crippen molar-refractivity contribution in [1.82, 2.24) is 9.80 Å². The van der Waals surface area contributed by atoms with Crippen LogP contribution in [0.3, 0.4) is 0 Å². The molecule has 0 saturated carbocycles. The maximum absolute atomic E-state index is 12.5. The first kappa shape index (κ1) is 17.1. The standard InChI is InChI=1S/C16H14ClN3O5/c1-7(6-18)10(16(24)25)19-12(17)11(15(19)23)20-13(21)8-4-2-3-5-9(8)14(20)22/h2-5,11-12H,6,18H2,1H3,(H,24,25)/t11-,12+/m1/s1. The SMILES string of the molecule is CC(CN)=C(C(=O)O)N1C(=O)[C@H](N2C(=O)c3ccccc3C2=O)[C@H]1Cl. The van der Waals surface area contributed by atoms with Crippen LogP contribution in [0.15, 0.2) is 35.5 Å². The third-order valence-electron chi connectivity index (χ3n) is 4.26. The highest BCUT2D eigenvalue weighted by Gasteiger charge is 2.57. The largest absolute Gasteiger partial charge is 0.477 e. The number of amides is 3. The number of hydrogen-bond donors (Lipinski definition) is 2. The highest BCUT2D eigenvalue weighted by molar-refractivity contribution is 6.30. The number of nitrogens with zero attached hydrogens (tertiary/aromatic N) is 2. The summed E-state index contributed by atoms with van der Waals surface area (Å²) in [5, 5.41) is 9.33. The maximum atomic E-state index is 12.5. The molecule has 1 fully saturated rings. The molecule has 3 N–H and O–H groups in total. The molecule has 9 heteroatoms. The lowest BCUT2D eigenvalue weighted by Crippen LogP contribution is -2.69. The fraction of sp³-hybridized carbons (Fsp3) is 0.250. The molecule has 0 bridgehead atoms. The Balaban J connectivity index is 1.93. The van der Waals surface area contributed by atoms with E-state index in [4.69, 9.17) is 17.3 Å². The van der Waals surface area contributed by atoms with E-state index < -0.39 is 35.2 Å². The second-order valence-electron chi connectivity index (χ2n) is 5.69. The van der Waals surface area contributed by atoms with Crippen LogP contribution < -0.4 is 5.73 Å². The highest BCUT2D eigenvalue weighted by Crippen LogP contribution is 2.37. The minimum Gasteiger partial charge on any atom is -0.477 e. The second-order valence-corrected chi connectivity index (χ2v) is 6.14. The van der Waals surface area contributed by atoms with Crippen LogP contribution in [0.2, 0.25) is 0 Å². The van der Waals surface area contributed by atoms with Gasteiger partial charge in [0.1, 0.15) is 11.2 Å². The molecule has 2 atom stereocenters. The third kappa shape index (κ3) is 2.33. The summed E-state index contributed by atoms with van der Waals surface area (Å²) >= 11 is 6.19. The Kier molecular flexibility index (Phi) is 4.09. The van der Waals surface area contributed by atoms with Crippen LogP contribution in [0.5, 0.6) is 0 Å². The first-order valence-corrected chi connectivity index (χ1v) is 7.82. The molecule has 0 unspecified atom stereocenters. The number of aliphatic carboxylic acids is 1. The number of likely N-dealkylation sites (tertiary alicyclic amines) is 1. The van der Waals surface area contributed by atoms with Crippen LogP contribution in [0.4, 0.5) is 0 Å². The molecule has 25 heavy (non-hydrogen) atoms. The van der Waals surface area contributed by atoms with E-state index in [9.17, 15) is 24.3 Å². The average Bonchev–Trinajstić information content (AvgIpc) is 2.84. The summed E-state index contributed by atoms with van der Waals surface area (Å²) < 4.78 is 0. The van der Waals surface area contributed by atoms with Gasteiger partial charge < -0.3 is 10.8 Å². The van der Waals surface area contributed by atoms with E-state index in [0.29, 0.717) is 0 Å². The lowest BCUT2D eigenvalue weighted by Gasteiger charge is -2.46. The number of nitrogens with two attached hydrogens (primary N) is 1. The van der Waals surface area contributed by atoms with Crippen molar-refractivity contribution in [3.8, 4) is 0 Å². The molecule has 2 aliphatic heterocycles. The fourth-order valence-electron chi connectivity index (χ4n) is 2.96. The van der Waals surface area contributed by atoms with Gasteiger partial charge in [-0.1, -0.05) is 23.7 Å². The Bertz CT molecular complexity index is 815. The van der Waals surface area contributed by atoms with Crippen molar-refractivity contribution in [3.63, 3.8) is 0 Å². The molecule has 1 aromatic carbocycles. The number of carboxylic acids is 1. The van der Waals surface area contributed by atoms with Gasteiger partial charge in [-0.05, 0) is 24.6 Å². The van der Waals surface area contributed by atoms with Gasteiger partial charge in [0.25, 0.3) is 17.7 Å². The first-order valence-electron chi connectivity index (χ1n) is 7.38. The minimum atomic E-state index is -1.36. The summed E-state index contributed by atoms with van der Waals surface area (Å²) in [5.41, 5.74) is 4.58. The second kappa shape index (κ2) is 5.98. The molecule has 1 aromatic rings. The minimum absolute atomic E-state index is 0.0767. The van der Waals surface area contributed by atoms with Crippen molar-refractivity contribution in [2.24, 2.45) is 5.73 Å². The van der Waals surface area contributed by atoms with E-state index in [2.05, 4.69) is 0 Å². The molecular weight excluding hydrogens is 350 g/mol. The van der Waals surface area contributed by atoms with Gasteiger partial charge in [-0.2, -0.15) is 0 Å². The van der Waals surface area contributed by atoms with Crippen LogP contribution >= 0.6 is 11.6 Å². The Morgan fingerprint density at radius 1 is 1.20 bits per heavy atom. The summed E-state index contributed by atoms with van der Waals surface area (Å²) in [7, 11) is 0. The van der Waals surface area contributed by atoms with E-state index in [1.165, 1.54) is 19.1 Å². The van der Waals surface area contributed by atoms with Crippen LogP contribution in [0, 0.1) is 0 Å². The number of carboxylic acid groups (broad SMARTS) is 1. The number of alkyl halides is 1. The summed E-state index contributed by atoms with van der Waals surface area (Å²) in [5.74, 6) is -3.34. The summed E-state index contributed by atoms with van der Waals surface area (Å²) in [6.07, 6.45) is 0. The van der Waals surface area contributed by atoms with Crippen molar-refractivity contribution in [1.29, 1.82) is 0 Å². The smallest absolute Gasteiger partial charge is 0.352 e. The van der Waals surface area contributed by atoms with Gasteiger partial charge in [0, 0.05) is 6.54 Å². The zero-order valence-corrected chi connectivity index (χ0v) is 13.9. The Morgan fingerprint density at radius 2 is 1.72 bits per heavy atom. The Morgan fingerprint density at radius 3 is 2.12 bits per heavy atom. The normalized spacial score (nSPS) is 23.4. The number of benzene rings is 1. The van der Waals surface area contributed by atoms with Gasteiger partial charge in [0.05, 0.1) is 11.1 Å². The zero-order chi connectivity index (χ0) is 18.5. The topological polar surface area (TPSA) is 121 Å². The quantitative estimate of drug-likeness (QED) is 0.262. The highest BCUT2D eigenvalue weighted by atomic mass is 35.5. The van der Waals surface area contributed by atoms with Crippen LogP contribution in [0.1, 0.15) is 27.6 Å². The van der Waals surface area contributed by atoms with E-state index in [0.717, 1.165) is 9.80 Å². The number of carbonyl (C=O) groups is 4. The fourth-order valence-corrected chi connectivity index (χ4v) is 3.37. The summed E-state index contributed by atoms with van der Waals surface area (Å²) in [4.78, 5) is 50.5. The lowest BCUT2D eigenvalue weighted by molar-refractivity contribution is -0.152. The van der Waals surface area contributed by atoms with E-state index in [1.54, 1.807) is 12.1 Å². The summed E-state index contributed by atoms with van der Waals surface area (Å²) in [6, 6.07) is 4.93. The Hall–Kier alpha value is -2.71. The van der Waals surface area contributed by atoms with Gasteiger partial charge in [-0.15, -0.1) is 0 Å². The maximum Gasteiger partial charge on any atom is 0.352 e. The number of β-lactam (4-membered cyclic amide) rings is 1. The van der Waals surface area contributed by atoms with E-state index in [-0.39, 0.29) is 28.9 Å². The number of fused-ring (bicyclic) bond motifs is 1. The third-order valence-corrected chi connectivity index (χ3v) is 4.69. The molecule has 2 heterocycles. The van der Waals surface area contributed by atoms with E-state index in [1.807, 2.05) is 0 Å². The van der Waals surface area contributed by atoms with Crippen molar-refractivity contribution >= 4 is 35.3 Å². The van der Waals surface area contributed by atoms with Crippen molar-refractivity contribution in [2.45, 2.75) is 18.5 Å². The monoisotopic (exact) mass is 363 g/mol. The van der Waals surface area contributed by atoms with Crippen molar-refractivity contribution in [3.05, 3.63) is 46.7 Å². The number of rotatable bonds is 4. The molecule has 130 valence electrons. The van der Waals surface area contributed by atoms with Gasteiger partial charge >= 0.3 is 5.97 Å². The molecule has 1 saturated heterocycles. The predicted octanol–water partition coefficient (Wildman–Crippen LogP) is 0.376. The summed E-state index contributed by atoms with van der Waals surface area (Å²) in [6.45, 7) is 1.39. The van der Waals surface area contributed by atoms with Crippen LogP contribution in [0.25, 0.3) is 0 Å². The number of imide groups is 1. The molecule has 8 nitrogen and oxygen atoms in total. The Labute approximate surface area is 147 Å². The zero-order valence-electron chi connectivity index (χ0n) is 13.1.